The summed E-state index contributed by atoms with van der Waals surface area (Å²) in [6.07, 6.45) is 0. The van der Waals surface area contributed by atoms with E-state index in [-0.39, 0.29) is 5.91 Å². The first kappa shape index (κ1) is 17.2. The molecule has 1 heterocycles. The Hall–Kier alpha value is -2.66. The molecule has 0 aliphatic rings. The summed E-state index contributed by atoms with van der Waals surface area (Å²) < 4.78 is 10.7. The Balaban J connectivity index is 1.56. The summed E-state index contributed by atoms with van der Waals surface area (Å²) in [7, 11) is 1.62. The molecule has 1 aromatic heterocycles. The van der Waals surface area contributed by atoms with Crippen LogP contribution in [0.3, 0.4) is 0 Å². The minimum atomic E-state index is -0.164. The molecule has 0 aliphatic heterocycles. The average Bonchev–Trinajstić information content (AvgIpc) is 2.95. The molecule has 2 aromatic carbocycles. The van der Waals surface area contributed by atoms with Crippen molar-refractivity contribution in [3.63, 3.8) is 0 Å². The molecule has 130 valence electrons. The molecule has 0 atom stereocenters. The molecule has 0 radical (unpaired) electrons. The zero-order chi connectivity index (χ0) is 17.8. The van der Waals surface area contributed by atoms with Crippen LogP contribution in [0.1, 0.15) is 16.1 Å². The number of fused-ring (bicyclic) bond motifs is 1. The highest BCUT2D eigenvalue weighted by Gasteiger charge is 2.14. The van der Waals surface area contributed by atoms with Crippen molar-refractivity contribution < 1.29 is 14.3 Å². The van der Waals surface area contributed by atoms with Gasteiger partial charge in [0.15, 0.2) is 0 Å². The number of rotatable bonds is 6. The van der Waals surface area contributed by atoms with Gasteiger partial charge in [0.05, 0.1) is 13.7 Å². The molecule has 0 saturated carbocycles. The van der Waals surface area contributed by atoms with Crippen molar-refractivity contribution in [3.05, 3.63) is 58.7 Å². The van der Waals surface area contributed by atoms with Crippen LogP contribution in [0.25, 0.3) is 10.9 Å². The Morgan fingerprint density at radius 1 is 1.16 bits per heavy atom. The van der Waals surface area contributed by atoms with Gasteiger partial charge in [0.1, 0.15) is 23.8 Å². The van der Waals surface area contributed by atoms with Gasteiger partial charge in [-0.25, -0.2) is 0 Å². The second-order valence-corrected chi connectivity index (χ2v) is 6.03. The number of aromatic nitrogens is 1. The number of carbonyl (C=O) groups is 1. The monoisotopic (exact) mass is 358 g/mol. The average molecular weight is 359 g/mol. The summed E-state index contributed by atoms with van der Waals surface area (Å²) in [5.74, 6) is 1.34. The summed E-state index contributed by atoms with van der Waals surface area (Å²) in [5.41, 5.74) is 2.30. The first-order chi connectivity index (χ1) is 12.1. The van der Waals surface area contributed by atoms with E-state index in [0.717, 1.165) is 28.0 Å². The molecule has 1 amide bonds. The lowest BCUT2D eigenvalue weighted by atomic mass is 10.1. The molecule has 0 fully saturated rings. The summed E-state index contributed by atoms with van der Waals surface area (Å²) in [6, 6.07) is 12.8. The van der Waals surface area contributed by atoms with Gasteiger partial charge in [0.2, 0.25) is 0 Å². The lowest BCUT2D eigenvalue weighted by Gasteiger charge is -2.08. The fraction of sp³-hybridized carbons (Fsp3) is 0.211. The number of H-pyrrole nitrogens is 1. The quantitative estimate of drug-likeness (QED) is 0.656. The molecule has 3 aromatic rings. The van der Waals surface area contributed by atoms with Crippen LogP contribution in [0, 0.1) is 6.92 Å². The van der Waals surface area contributed by atoms with E-state index in [2.05, 4.69) is 10.3 Å². The summed E-state index contributed by atoms with van der Waals surface area (Å²) in [4.78, 5) is 15.5. The highest BCUT2D eigenvalue weighted by atomic mass is 35.5. The number of halogens is 1. The molecule has 5 nitrogen and oxygen atoms in total. The van der Waals surface area contributed by atoms with E-state index in [1.165, 1.54) is 0 Å². The van der Waals surface area contributed by atoms with Gasteiger partial charge in [-0.05, 0) is 48.9 Å². The number of nitrogens with one attached hydrogen (secondary N) is 2. The largest absolute Gasteiger partial charge is 0.497 e. The SMILES string of the molecule is COc1ccc(OCCNC(=O)c2[nH]c3cc(Cl)ccc3c2C)cc1. The number of hydrogen-bond acceptors (Lipinski definition) is 3. The number of amides is 1. The molecule has 0 bridgehead atoms. The Morgan fingerprint density at radius 3 is 2.60 bits per heavy atom. The second kappa shape index (κ2) is 7.49. The minimum absolute atomic E-state index is 0.164. The smallest absolute Gasteiger partial charge is 0.268 e. The predicted octanol–water partition coefficient (Wildman–Crippen LogP) is 3.95. The molecular formula is C19H19ClN2O3. The molecule has 0 spiro atoms. The van der Waals surface area contributed by atoms with Gasteiger partial charge in [-0.3, -0.25) is 4.79 Å². The third kappa shape index (κ3) is 3.88. The van der Waals surface area contributed by atoms with Gasteiger partial charge < -0.3 is 19.8 Å². The maximum Gasteiger partial charge on any atom is 0.268 e. The molecular weight excluding hydrogens is 340 g/mol. The lowest BCUT2D eigenvalue weighted by molar-refractivity contribution is 0.0942. The third-order valence-electron chi connectivity index (χ3n) is 3.96. The van der Waals surface area contributed by atoms with Gasteiger partial charge in [-0.2, -0.15) is 0 Å². The first-order valence-corrected chi connectivity index (χ1v) is 8.29. The van der Waals surface area contributed by atoms with Crippen molar-refractivity contribution >= 4 is 28.4 Å². The van der Waals surface area contributed by atoms with Crippen LogP contribution >= 0.6 is 11.6 Å². The highest BCUT2D eigenvalue weighted by molar-refractivity contribution is 6.31. The van der Waals surface area contributed by atoms with Gasteiger partial charge in [-0.1, -0.05) is 17.7 Å². The summed E-state index contributed by atoms with van der Waals surface area (Å²) >= 11 is 5.99. The number of benzene rings is 2. The fourth-order valence-corrected chi connectivity index (χ4v) is 2.80. The van der Waals surface area contributed by atoms with E-state index in [1.54, 1.807) is 7.11 Å². The van der Waals surface area contributed by atoms with Crippen LogP contribution in [0.5, 0.6) is 11.5 Å². The molecule has 0 unspecified atom stereocenters. The second-order valence-electron chi connectivity index (χ2n) is 5.59. The van der Waals surface area contributed by atoms with Crippen LogP contribution in [-0.4, -0.2) is 31.2 Å². The maximum absolute atomic E-state index is 12.4. The van der Waals surface area contributed by atoms with Crippen molar-refractivity contribution in [1.29, 1.82) is 0 Å². The normalized spacial score (nSPS) is 10.7. The Bertz CT molecular complexity index is 888. The summed E-state index contributed by atoms with van der Waals surface area (Å²) in [5, 5.41) is 4.48. The van der Waals surface area contributed by atoms with E-state index in [1.807, 2.05) is 49.4 Å². The van der Waals surface area contributed by atoms with Crippen LogP contribution < -0.4 is 14.8 Å². The first-order valence-electron chi connectivity index (χ1n) is 7.91. The number of ether oxygens (including phenoxy) is 2. The van der Waals surface area contributed by atoms with Crippen molar-refractivity contribution in [3.8, 4) is 11.5 Å². The Labute approximate surface area is 150 Å². The van der Waals surface area contributed by atoms with Crippen LogP contribution in [-0.2, 0) is 0 Å². The molecule has 0 saturated heterocycles. The van der Waals surface area contributed by atoms with Crippen molar-refractivity contribution in [2.45, 2.75) is 6.92 Å². The van der Waals surface area contributed by atoms with Gasteiger partial charge in [-0.15, -0.1) is 0 Å². The molecule has 2 N–H and O–H groups in total. The van der Waals surface area contributed by atoms with E-state index in [4.69, 9.17) is 21.1 Å². The number of carbonyl (C=O) groups excluding carboxylic acids is 1. The highest BCUT2D eigenvalue weighted by Crippen LogP contribution is 2.24. The van der Waals surface area contributed by atoms with Crippen LogP contribution in [0.2, 0.25) is 5.02 Å². The topological polar surface area (TPSA) is 63.4 Å². The van der Waals surface area contributed by atoms with Crippen LogP contribution in [0.4, 0.5) is 0 Å². The van der Waals surface area contributed by atoms with Gasteiger partial charge in [0, 0.05) is 15.9 Å². The van der Waals surface area contributed by atoms with Gasteiger partial charge in [0.25, 0.3) is 5.91 Å². The Kier molecular flexibility index (Phi) is 5.14. The standard InChI is InChI=1S/C19H19ClN2O3/c1-12-16-8-3-13(20)11-17(16)22-18(12)19(23)21-9-10-25-15-6-4-14(24-2)5-7-15/h3-8,11,22H,9-10H2,1-2H3,(H,21,23). The zero-order valence-electron chi connectivity index (χ0n) is 14.1. The van der Waals surface area contributed by atoms with E-state index >= 15 is 0 Å². The maximum atomic E-state index is 12.4. The fourth-order valence-electron chi connectivity index (χ4n) is 2.63. The number of aryl methyl sites for hydroxylation is 1. The Morgan fingerprint density at radius 2 is 1.88 bits per heavy atom. The van der Waals surface area contributed by atoms with Crippen molar-refractivity contribution in [2.24, 2.45) is 0 Å². The van der Waals surface area contributed by atoms with Crippen molar-refractivity contribution in [2.75, 3.05) is 20.3 Å². The van der Waals surface area contributed by atoms with E-state index in [9.17, 15) is 4.79 Å². The molecule has 3 rings (SSSR count). The molecule has 25 heavy (non-hydrogen) atoms. The predicted molar refractivity (Wildman–Crippen MR) is 98.9 cm³/mol. The zero-order valence-corrected chi connectivity index (χ0v) is 14.8. The summed E-state index contributed by atoms with van der Waals surface area (Å²) in [6.45, 7) is 2.69. The molecule has 6 heteroatoms. The minimum Gasteiger partial charge on any atom is -0.497 e. The number of hydrogen-bond donors (Lipinski definition) is 2. The lowest BCUT2D eigenvalue weighted by Crippen LogP contribution is -2.28. The van der Waals surface area contributed by atoms with Crippen molar-refractivity contribution in [1.82, 2.24) is 10.3 Å². The molecule has 0 aliphatic carbocycles. The van der Waals surface area contributed by atoms with E-state index < -0.39 is 0 Å². The number of methoxy groups -OCH3 is 1. The van der Waals surface area contributed by atoms with Crippen LogP contribution in [0.15, 0.2) is 42.5 Å². The third-order valence-corrected chi connectivity index (χ3v) is 4.20. The van der Waals surface area contributed by atoms with Gasteiger partial charge >= 0.3 is 0 Å². The number of aromatic amines is 1. The van der Waals surface area contributed by atoms with E-state index in [0.29, 0.717) is 23.9 Å².